The van der Waals surface area contributed by atoms with Gasteiger partial charge in [0.2, 0.25) is 0 Å². The molecule has 1 unspecified atom stereocenters. The highest BCUT2D eigenvalue weighted by Gasteiger charge is 2.03. The van der Waals surface area contributed by atoms with Crippen molar-refractivity contribution in [2.75, 3.05) is 11.5 Å². The summed E-state index contributed by atoms with van der Waals surface area (Å²) in [7, 11) is 0. The molecule has 0 spiro atoms. The monoisotopic (exact) mass is 215 g/mol. The highest BCUT2D eigenvalue weighted by molar-refractivity contribution is 7.99. The average Bonchev–Trinajstić information content (AvgIpc) is 2.57. The van der Waals surface area contributed by atoms with Crippen LogP contribution < -0.4 is 5.73 Å². The molecular formula is C10H17NS2. The lowest BCUT2D eigenvalue weighted by Gasteiger charge is -2.09. The van der Waals surface area contributed by atoms with Crippen LogP contribution in [0, 0.1) is 0 Å². The van der Waals surface area contributed by atoms with Gasteiger partial charge in [-0.15, -0.1) is 0 Å². The van der Waals surface area contributed by atoms with Gasteiger partial charge in [0.25, 0.3) is 0 Å². The number of thioether (sulfide) groups is 1. The van der Waals surface area contributed by atoms with E-state index in [1.165, 1.54) is 17.7 Å². The maximum Gasteiger partial charge on any atom is 0.0171 e. The van der Waals surface area contributed by atoms with E-state index in [1.807, 2.05) is 11.8 Å². The standard InChI is InChI=1S/C10H17NS2/c1-2-4-12-8-10(11)6-9-3-5-13-7-9/h3,5,7,10H,2,4,6,8,11H2,1H3. The number of nitrogens with two attached hydrogens (primary N) is 1. The second kappa shape index (κ2) is 6.46. The van der Waals surface area contributed by atoms with Gasteiger partial charge in [0, 0.05) is 11.8 Å². The van der Waals surface area contributed by atoms with Crippen molar-refractivity contribution in [2.24, 2.45) is 5.73 Å². The molecule has 1 heterocycles. The van der Waals surface area contributed by atoms with E-state index in [9.17, 15) is 0 Å². The van der Waals surface area contributed by atoms with Crippen LogP contribution in [-0.2, 0) is 6.42 Å². The third kappa shape index (κ3) is 4.69. The van der Waals surface area contributed by atoms with E-state index in [0.29, 0.717) is 6.04 Å². The zero-order chi connectivity index (χ0) is 9.52. The lowest BCUT2D eigenvalue weighted by atomic mass is 10.1. The molecular weight excluding hydrogens is 198 g/mol. The van der Waals surface area contributed by atoms with Crippen LogP contribution in [0.25, 0.3) is 0 Å². The van der Waals surface area contributed by atoms with Crippen LogP contribution >= 0.6 is 23.1 Å². The van der Waals surface area contributed by atoms with E-state index in [2.05, 4.69) is 23.8 Å². The normalized spacial score (nSPS) is 13.1. The van der Waals surface area contributed by atoms with E-state index in [4.69, 9.17) is 5.73 Å². The average molecular weight is 215 g/mol. The van der Waals surface area contributed by atoms with Gasteiger partial charge in [-0.2, -0.15) is 23.1 Å². The van der Waals surface area contributed by atoms with E-state index in [-0.39, 0.29) is 0 Å². The molecule has 0 fully saturated rings. The summed E-state index contributed by atoms with van der Waals surface area (Å²) in [6, 6.07) is 2.49. The van der Waals surface area contributed by atoms with Crippen molar-refractivity contribution < 1.29 is 0 Å². The third-order valence-electron chi connectivity index (χ3n) is 1.76. The van der Waals surface area contributed by atoms with Gasteiger partial charge in [-0.1, -0.05) is 6.92 Å². The van der Waals surface area contributed by atoms with Gasteiger partial charge in [-0.25, -0.2) is 0 Å². The first kappa shape index (κ1) is 11.1. The molecule has 0 saturated heterocycles. The lowest BCUT2D eigenvalue weighted by molar-refractivity contribution is 0.750. The van der Waals surface area contributed by atoms with Crippen molar-refractivity contribution in [2.45, 2.75) is 25.8 Å². The van der Waals surface area contributed by atoms with Crippen LogP contribution in [0.4, 0.5) is 0 Å². The molecule has 1 nitrogen and oxygen atoms in total. The SMILES string of the molecule is CCCSCC(N)Cc1ccsc1. The minimum Gasteiger partial charge on any atom is -0.327 e. The second-order valence-electron chi connectivity index (χ2n) is 3.17. The largest absolute Gasteiger partial charge is 0.327 e. The molecule has 1 aromatic heterocycles. The minimum atomic E-state index is 0.325. The molecule has 0 aliphatic rings. The molecule has 1 atom stereocenters. The maximum atomic E-state index is 5.99. The number of thiophene rings is 1. The number of hydrogen-bond acceptors (Lipinski definition) is 3. The molecule has 0 aliphatic carbocycles. The van der Waals surface area contributed by atoms with E-state index in [1.54, 1.807) is 11.3 Å². The Hall–Kier alpha value is 0.01000. The number of rotatable bonds is 6. The van der Waals surface area contributed by atoms with Crippen LogP contribution in [-0.4, -0.2) is 17.5 Å². The zero-order valence-corrected chi connectivity index (χ0v) is 9.66. The molecule has 0 radical (unpaired) electrons. The van der Waals surface area contributed by atoms with Crippen molar-refractivity contribution in [3.8, 4) is 0 Å². The second-order valence-corrected chi connectivity index (χ2v) is 5.10. The predicted octanol–water partition coefficient (Wildman–Crippen LogP) is 2.76. The molecule has 3 heteroatoms. The van der Waals surface area contributed by atoms with Crippen LogP contribution in [0.3, 0.4) is 0 Å². The Labute approximate surface area is 88.7 Å². The summed E-state index contributed by atoms with van der Waals surface area (Å²) >= 11 is 3.71. The Bertz CT molecular complexity index is 209. The van der Waals surface area contributed by atoms with E-state index < -0.39 is 0 Å². The Kier molecular flexibility index (Phi) is 5.51. The Morgan fingerprint density at radius 1 is 1.62 bits per heavy atom. The molecule has 0 bridgehead atoms. The predicted molar refractivity (Wildman–Crippen MR) is 63.6 cm³/mol. The van der Waals surface area contributed by atoms with Crippen molar-refractivity contribution in [3.05, 3.63) is 22.4 Å². The van der Waals surface area contributed by atoms with Crippen molar-refractivity contribution in [3.63, 3.8) is 0 Å². The molecule has 2 N–H and O–H groups in total. The van der Waals surface area contributed by atoms with Gasteiger partial charge in [0.05, 0.1) is 0 Å². The first-order valence-electron chi connectivity index (χ1n) is 4.67. The van der Waals surface area contributed by atoms with Crippen molar-refractivity contribution in [1.82, 2.24) is 0 Å². The van der Waals surface area contributed by atoms with Crippen molar-refractivity contribution >= 4 is 23.1 Å². The van der Waals surface area contributed by atoms with Gasteiger partial charge in [0.15, 0.2) is 0 Å². The summed E-state index contributed by atoms with van der Waals surface area (Å²) < 4.78 is 0. The molecule has 0 aliphatic heterocycles. The van der Waals surface area contributed by atoms with Gasteiger partial charge >= 0.3 is 0 Å². The fourth-order valence-corrected chi connectivity index (χ4v) is 2.71. The highest BCUT2D eigenvalue weighted by atomic mass is 32.2. The molecule has 0 aromatic carbocycles. The Morgan fingerprint density at radius 3 is 3.08 bits per heavy atom. The van der Waals surface area contributed by atoms with Gasteiger partial charge in [-0.3, -0.25) is 0 Å². The van der Waals surface area contributed by atoms with Crippen LogP contribution in [0.1, 0.15) is 18.9 Å². The van der Waals surface area contributed by atoms with Crippen LogP contribution in [0.2, 0.25) is 0 Å². The van der Waals surface area contributed by atoms with Gasteiger partial charge in [-0.05, 0) is 41.0 Å². The van der Waals surface area contributed by atoms with Crippen LogP contribution in [0.15, 0.2) is 16.8 Å². The zero-order valence-electron chi connectivity index (χ0n) is 8.03. The minimum absolute atomic E-state index is 0.325. The molecule has 1 rings (SSSR count). The summed E-state index contributed by atoms with van der Waals surface area (Å²) in [5.74, 6) is 2.32. The third-order valence-corrected chi connectivity index (χ3v) is 3.85. The molecule has 0 amide bonds. The molecule has 1 aromatic rings. The lowest BCUT2D eigenvalue weighted by Crippen LogP contribution is -2.25. The van der Waals surface area contributed by atoms with E-state index in [0.717, 1.165) is 12.2 Å². The summed E-state index contributed by atoms with van der Waals surface area (Å²) in [4.78, 5) is 0. The summed E-state index contributed by atoms with van der Waals surface area (Å²) in [6.45, 7) is 2.21. The summed E-state index contributed by atoms with van der Waals surface area (Å²) in [6.07, 6.45) is 2.27. The first-order valence-corrected chi connectivity index (χ1v) is 6.77. The maximum absolute atomic E-state index is 5.99. The molecule has 0 saturated carbocycles. The smallest absolute Gasteiger partial charge is 0.0171 e. The summed E-state index contributed by atoms with van der Waals surface area (Å²) in [5, 5.41) is 4.30. The number of hydrogen-bond donors (Lipinski definition) is 1. The van der Waals surface area contributed by atoms with Gasteiger partial charge in [0.1, 0.15) is 0 Å². The fraction of sp³-hybridized carbons (Fsp3) is 0.600. The van der Waals surface area contributed by atoms with Crippen molar-refractivity contribution in [1.29, 1.82) is 0 Å². The van der Waals surface area contributed by atoms with E-state index >= 15 is 0 Å². The Balaban J connectivity index is 2.14. The topological polar surface area (TPSA) is 26.0 Å². The summed E-state index contributed by atoms with van der Waals surface area (Å²) in [5.41, 5.74) is 7.37. The fourth-order valence-electron chi connectivity index (χ4n) is 1.15. The van der Waals surface area contributed by atoms with Gasteiger partial charge < -0.3 is 5.73 Å². The molecule has 13 heavy (non-hydrogen) atoms. The first-order chi connectivity index (χ1) is 6.33. The quantitative estimate of drug-likeness (QED) is 0.738. The Morgan fingerprint density at radius 2 is 2.46 bits per heavy atom. The highest BCUT2D eigenvalue weighted by Crippen LogP contribution is 2.11. The van der Waals surface area contributed by atoms with Crippen LogP contribution in [0.5, 0.6) is 0 Å². The molecule has 74 valence electrons.